The lowest BCUT2D eigenvalue weighted by Crippen LogP contribution is -2.15. The number of thioether (sulfide) groups is 2. The van der Waals surface area contributed by atoms with Crippen LogP contribution >= 0.6 is 61.4 Å². The summed E-state index contributed by atoms with van der Waals surface area (Å²) in [7, 11) is 0. The maximum Gasteiger partial charge on any atom is 0.0229 e. The van der Waals surface area contributed by atoms with Crippen molar-refractivity contribution < 1.29 is 0 Å². The molecule has 0 amide bonds. The van der Waals surface area contributed by atoms with Crippen LogP contribution in [0.25, 0.3) is 0 Å². The molecule has 14 heavy (non-hydrogen) atoms. The third-order valence-electron chi connectivity index (χ3n) is 1.55. The van der Waals surface area contributed by atoms with E-state index < -0.39 is 0 Å². The third-order valence-corrected chi connectivity index (χ3v) is 6.39. The lowest BCUT2D eigenvalue weighted by atomic mass is 10.5. The molecule has 0 saturated carbocycles. The van der Waals surface area contributed by atoms with Crippen molar-refractivity contribution >= 4 is 61.4 Å². The Morgan fingerprint density at radius 3 is 2.14 bits per heavy atom. The largest absolute Gasteiger partial charge is 0.178 e. The average molecular weight is 289 g/mol. The Kier molecular flexibility index (Phi) is 11.2. The summed E-state index contributed by atoms with van der Waals surface area (Å²) in [6.07, 6.45) is 0. The molecule has 0 heterocycles. The van der Waals surface area contributed by atoms with E-state index in [2.05, 4.69) is 51.7 Å². The minimum atomic E-state index is 0.493. The van der Waals surface area contributed by atoms with Crippen LogP contribution < -0.4 is 0 Å². The minimum Gasteiger partial charge on any atom is -0.178 e. The normalized spacial score (nSPS) is 17.8. The fraction of sp³-hybridized carbons (Fsp3) is 1.00. The van der Waals surface area contributed by atoms with Gasteiger partial charge in [0, 0.05) is 38.8 Å². The third kappa shape index (κ3) is 9.01. The van der Waals surface area contributed by atoms with E-state index in [0.29, 0.717) is 15.7 Å². The summed E-state index contributed by atoms with van der Waals surface area (Å²) >= 11 is 17.0. The summed E-state index contributed by atoms with van der Waals surface area (Å²) in [5.41, 5.74) is 0. The molecule has 0 radical (unpaired) electrons. The molecule has 0 aliphatic carbocycles. The Bertz CT molecular complexity index is 128. The van der Waals surface area contributed by atoms with Gasteiger partial charge in [-0.15, -0.1) is 0 Å². The summed E-state index contributed by atoms with van der Waals surface area (Å²) in [4.78, 5) is 0. The van der Waals surface area contributed by atoms with Gasteiger partial charge >= 0.3 is 0 Å². The van der Waals surface area contributed by atoms with Crippen LogP contribution in [0.1, 0.15) is 13.8 Å². The van der Waals surface area contributed by atoms with E-state index >= 15 is 0 Å². The highest BCUT2D eigenvalue weighted by Gasteiger charge is 2.11. The van der Waals surface area contributed by atoms with Gasteiger partial charge in [0.1, 0.15) is 0 Å². The van der Waals surface area contributed by atoms with Gasteiger partial charge in [-0.25, -0.2) is 0 Å². The molecule has 0 fully saturated rings. The van der Waals surface area contributed by atoms with Crippen molar-refractivity contribution in [2.45, 2.75) is 29.6 Å². The Morgan fingerprint density at radius 2 is 1.71 bits per heavy atom. The van der Waals surface area contributed by atoms with Gasteiger partial charge in [-0.05, 0) is 0 Å². The van der Waals surface area contributed by atoms with Crippen molar-refractivity contribution in [3.05, 3.63) is 0 Å². The zero-order chi connectivity index (χ0) is 11.0. The van der Waals surface area contributed by atoms with Crippen LogP contribution in [-0.2, 0) is 0 Å². The first-order chi connectivity index (χ1) is 6.60. The Morgan fingerprint density at radius 1 is 1.07 bits per heavy atom. The summed E-state index contributed by atoms with van der Waals surface area (Å²) in [5.74, 6) is 4.21. The van der Waals surface area contributed by atoms with Crippen molar-refractivity contribution in [2.75, 3.05) is 23.0 Å². The molecule has 0 N–H and O–H groups in total. The van der Waals surface area contributed by atoms with Gasteiger partial charge in [0.25, 0.3) is 0 Å². The fourth-order valence-corrected chi connectivity index (χ4v) is 4.30. The quantitative estimate of drug-likeness (QED) is 0.586. The van der Waals surface area contributed by atoms with E-state index in [1.165, 1.54) is 5.75 Å². The molecule has 0 aliphatic heterocycles. The molecular formula is C9H20S5. The fourth-order valence-electron chi connectivity index (χ4n) is 0.877. The van der Waals surface area contributed by atoms with Crippen LogP contribution in [0.2, 0.25) is 0 Å². The summed E-state index contributed by atoms with van der Waals surface area (Å²) in [6.45, 7) is 4.36. The SMILES string of the molecule is CC(S)CSCC(CS)SC(C)CS. The second-order valence-electron chi connectivity index (χ2n) is 3.32. The standard InChI is InChI=1S/C9H20S5/c1-7(12)5-13-6-9(4-11)14-8(2)3-10/h7-12H,3-6H2,1-2H3. The zero-order valence-electron chi connectivity index (χ0n) is 8.72. The molecule has 0 aromatic heterocycles. The maximum absolute atomic E-state index is 4.38. The van der Waals surface area contributed by atoms with E-state index in [-0.39, 0.29) is 0 Å². The number of thiol groups is 3. The molecule has 86 valence electrons. The molecule has 0 spiro atoms. The predicted octanol–water partition coefficient (Wildman–Crippen LogP) is 3.39. The maximum atomic E-state index is 4.38. The first-order valence-electron chi connectivity index (χ1n) is 4.73. The zero-order valence-corrected chi connectivity index (χ0v) is 13.0. The molecule has 3 atom stereocenters. The Balaban J connectivity index is 3.57. The van der Waals surface area contributed by atoms with E-state index in [4.69, 9.17) is 0 Å². The van der Waals surface area contributed by atoms with Gasteiger partial charge in [0.15, 0.2) is 0 Å². The van der Waals surface area contributed by atoms with Gasteiger partial charge in [-0.3, -0.25) is 0 Å². The first kappa shape index (κ1) is 15.8. The molecule has 0 saturated heterocycles. The molecule has 0 aliphatic rings. The first-order valence-corrected chi connectivity index (χ1v) is 8.61. The van der Waals surface area contributed by atoms with Gasteiger partial charge in [0.2, 0.25) is 0 Å². The second kappa shape index (κ2) is 9.94. The molecule has 3 unspecified atom stereocenters. The molecule has 0 rings (SSSR count). The molecule has 0 bridgehead atoms. The lowest BCUT2D eigenvalue weighted by molar-refractivity contribution is 1.07. The predicted molar refractivity (Wildman–Crippen MR) is 84.3 cm³/mol. The number of hydrogen-bond donors (Lipinski definition) is 3. The van der Waals surface area contributed by atoms with Gasteiger partial charge < -0.3 is 0 Å². The molecule has 0 aromatic rings. The highest BCUT2D eigenvalue weighted by molar-refractivity contribution is 8.04. The van der Waals surface area contributed by atoms with E-state index in [1.807, 2.05) is 23.5 Å². The summed E-state index contributed by atoms with van der Waals surface area (Å²) < 4.78 is 0. The Hall–Kier alpha value is 1.75. The minimum absolute atomic E-state index is 0.493. The van der Waals surface area contributed by atoms with Gasteiger partial charge in [0.05, 0.1) is 0 Å². The lowest BCUT2D eigenvalue weighted by Gasteiger charge is -2.17. The van der Waals surface area contributed by atoms with Crippen molar-refractivity contribution in [3.63, 3.8) is 0 Å². The van der Waals surface area contributed by atoms with Crippen LogP contribution in [0.5, 0.6) is 0 Å². The van der Waals surface area contributed by atoms with Crippen molar-refractivity contribution in [2.24, 2.45) is 0 Å². The molecule has 0 aromatic carbocycles. The van der Waals surface area contributed by atoms with E-state index in [1.54, 1.807) is 0 Å². The topological polar surface area (TPSA) is 0 Å². The van der Waals surface area contributed by atoms with Crippen LogP contribution in [0.15, 0.2) is 0 Å². The number of rotatable bonds is 8. The van der Waals surface area contributed by atoms with Crippen LogP contribution in [0.3, 0.4) is 0 Å². The smallest absolute Gasteiger partial charge is 0.0229 e. The second-order valence-corrected chi connectivity index (χ2v) is 7.75. The molecule has 5 heteroatoms. The van der Waals surface area contributed by atoms with Gasteiger partial charge in [-0.1, -0.05) is 13.8 Å². The van der Waals surface area contributed by atoms with Crippen molar-refractivity contribution in [3.8, 4) is 0 Å². The molecular weight excluding hydrogens is 268 g/mol. The summed E-state index contributed by atoms with van der Waals surface area (Å²) in [5, 5.41) is 1.77. The van der Waals surface area contributed by atoms with Crippen molar-refractivity contribution in [1.29, 1.82) is 0 Å². The molecule has 0 nitrogen and oxygen atoms in total. The average Bonchev–Trinajstić information content (AvgIpc) is 2.15. The number of hydrogen-bond acceptors (Lipinski definition) is 5. The Labute approximate surface area is 113 Å². The van der Waals surface area contributed by atoms with E-state index in [9.17, 15) is 0 Å². The monoisotopic (exact) mass is 288 g/mol. The highest BCUT2D eigenvalue weighted by Crippen LogP contribution is 2.23. The highest BCUT2D eigenvalue weighted by atomic mass is 32.2. The van der Waals surface area contributed by atoms with Crippen molar-refractivity contribution in [1.82, 2.24) is 0 Å². The van der Waals surface area contributed by atoms with Crippen LogP contribution in [0.4, 0.5) is 0 Å². The van der Waals surface area contributed by atoms with Crippen LogP contribution in [-0.4, -0.2) is 38.8 Å². The van der Waals surface area contributed by atoms with Gasteiger partial charge in [-0.2, -0.15) is 61.4 Å². The summed E-state index contributed by atoms with van der Waals surface area (Å²) in [6, 6.07) is 0. The van der Waals surface area contributed by atoms with E-state index in [0.717, 1.165) is 17.3 Å². The van der Waals surface area contributed by atoms with Crippen LogP contribution in [0, 0.1) is 0 Å².